The minimum absolute atomic E-state index is 0.189. The van der Waals surface area contributed by atoms with E-state index in [-0.39, 0.29) is 15.6 Å². The second-order valence-electron chi connectivity index (χ2n) is 2.87. The number of hydrogen-bond acceptors (Lipinski definition) is 1. The molecule has 0 spiro atoms. The van der Waals surface area contributed by atoms with Crippen LogP contribution in [-0.2, 0) is 6.18 Å². The third-order valence-corrected chi connectivity index (χ3v) is 2.61. The van der Waals surface area contributed by atoms with Gasteiger partial charge in [0, 0.05) is 0 Å². The van der Waals surface area contributed by atoms with Crippen LogP contribution in [0.2, 0.25) is 10.0 Å². The Bertz CT molecular complexity index is 405. The van der Waals surface area contributed by atoms with Crippen LogP contribution in [0, 0.1) is 0 Å². The molecule has 0 fully saturated rings. The zero-order valence-electron chi connectivity index (χ0n) is 7.54. The number of carbonyl (C=O) groups excluding carboxylic acids is 1. The van der Waals surface area contributed by atoms with Gasteiger partial charge >= 0.3 is 6.18 Å². The van der Waals surface area contributed by atoms with E-state index in [0.29, 0.717) is 12.1 Å². The topological polar surface area (TPSA) is 17.1 Å². The number of rotatable bonds is 2. The highest BCUT2D eigenvalue weighted by Crippen LogP contribution is 2.35. The van der Waals surface area contributed by atoms with Crippen molar-refractivity contribution in [3.05, 3.63) is 33.3 Å². The summed E-state index contributed by atoms with van der Waals surface area (Å²) in [6.45, 7) is 0. The molecule has 1 aromatic rings. The van der Waals surface area contributed by atoms with Crippen LogP contribution >= 0.6 is 34.8 Å². The maximum Gasteiger partial charge on any atom is 0.416 e. The zero-order valence-corrected chi connectivity index (χ0v) is 9.81. The lowest BCUT2D eigenvalue weighted by atomic mass is 10.1. The molecule has 0 aliphatic rings. The van der Waals surface area contributed by atoms with E-state index in [4.69, 9.17) is 34.8 Å². The molecular formula is C9H4Cl3F3O. The van der Waals surface area contributed by atoms with Crippen molar-refractivity contribution in [1.82, 2.24) is 0 Å². The predicted octanol–water partition coefficient (Wildman–Crippen LogP) is 4.43. The molecule has 0 aliphatic heterocycles. The average molecular weight is 291 g/mol. The fourth-order valence-corrected chi connectivity index (χ4v) is 1.90. The van der Waals surface area contributed by atoms with Crippen molar-refractivity contribution in [3.63, 3.8) is 0 Å². The van der Waals surface area contributed by atoms with Gasteiger partial charge in [-0.1, -0.05) is 23.2 Å². The average Bonchev–Trinajstić information content (AvgIpc) is 2.14. The Labute approximate surface area is 104 Å². The van der Waals surface area contributed by atoms with Crippen molar-refractivity contribution >= 4 is 40.6 Å². The highest BCUT2D eigenvalue weighted by Gasteiger charge is 2.32. The molecule has 1 aromatic carbocycles. The molecule has 0 bridgehead atoms. The van der Waals surface area contributed by atoms with Crippen LogP contribution in [0.5, 0.6) is 0 Å². The molecule has 0 unspecified atom stereocenters. The summed E-state index contributed by atoms with van der Waals surface area (Å²) in [5.74, 6) is -1.02. The predicted molar refractivity (Wildman–Crippen MR) is 56.5 cm³/mol. The largest absolute Gasteiger partial charge is 0.416 e. The van der Waals surface area contributed by atoms with E-state index >= 15 is 0 Å². The highest BCUT2D eigenvalue weighted by atomic mass is 35.5. The summed E-state index contributed by atoms with van der Waals surface area (Å²) >= 11 is 16.4. The van der Waals surface area contributed by atoms with Crippen LogP contribution in [0.4, 0.5) is 13.2 Å². The van der Waals surface area contributed by atoms with E-state index in [2.05, 4.69) is 0 Å². The molecule has 1 rings (SSSR count). The summed E-state index contributed by atoms with van der Waals surface area (Å²) in [6, 6.07) is 1.29. The van der Waals surface area contributed by atoms with Crippen molar-refractivity contribution in [1.29, 1.82) is 0 Å². The molecule has 88 valence electrons. The molecule has 0 saturated carbocycles. The summed E-state index contributed by atoms with van der Waals surface area (Å²) in [5.41, 5.74) is -1.19. The Balaban J connectivity index is 3.34. The zero-order chi connectivity index (χ0) is 12.5. The molecule has 1 nitrogen and oxygen atoms in total. The van der Waals surface area contributed by atoms with Crippen LogP contribution in [-0.4, -0.2) is 11.7 Å². The van der Waals surface area contributed by atoms with Crippen LogP contribution in [0.3, 0.4) is 0 Å². The lowest BCUT2D eigenvalue weighted by Gasteiger charge is -2.10. The van der Waals surface area contributed by atoms with Crippen molar-refractivity contribution in [3.8, 4) is 0 Å². The van der Waals surface area contributed by atoms with Gasteiger partial charge in [-0.2, -0.15) is 13.2 Å². The maximum absolute atomic E-state index is 12.3. The van der Waals surface area contributed by atoms with Gasteiger partial charge in [-0.25, -0.2) is 0 Å². The Morgan fingerprint density at radius 2 is 1.62 bits per heavy atom. The quantitative estimate of drug-likeness (QED) is 0.582. The molecule has 7 heteroatoms. The van der Waals surface area contributed by atoms with Gasteiger partial charge in [-0.3, -0.25) is 4.79 Å². The highest BCUT2D eigenvalue weighted by molar-refractivity contribution is 6.42. The Kier molecular flexibility index (Phi) is 4.10. The minimum Gasteiger partial charge on any atom is -0.293 e. The molecule has 16 heavy (non-hydrogen) atoms. The van der Waals surface area contributed by atoms with E-state index < -0.39 is 23.4 Å². The molecule has 0 aliphatic carbocycles. The lowest BCUT2D eigenvalue weighted by molar-refractivity contribution is -0.137. The first-order valence-electron chi connectivity index (χ1n) is 3.92. The molecule has 0 N–H and O–H groups in total. The number of alkyl halides is 4. The van der Waals surface area contributed by atoms with Gasteiger partial charge in [0.25, 0.3) is 0 Å². The molecule has 0 aromatic heterocycles. The second-order valence-corrected chi connectivity index (χ2v) is 3.95. The van der Waals surface area contributed by atoms with E-state index in [9.17, 15) is 18.0 Å². The van der Waals surface area contributed by atoms with Gasteiger partial charge in [-0.05, 0) is 12.1 Å². The number of benzene rings is 1. The number of carbonyl (C=O) groups is 1. The molecule has 0 amide bonds. The van der Waals surface area contributed by atoms with Crippen LogP contribution < -0.4 is 0 Å². The first-order valence-corrected chi connectivity index (χ1v) is 5.22. The smallest absolute Gasteiger partial charge is 0.293 e. The summed E-state index contributed by atoms with van der Waals surface area (Å²) < 4.78 is 37.0. The number of ketones is 1. The molecular weight excluding hydrogens is 287 g/mol. The fraction of sp³-hybridized carbons (Fsp3) is 0.222. The molecule has 0 heterocycles. The Morgan fingerprint density at radius 3 is 1.94 bits per heavy atom. The summed E-state index contributed by atoms with van der Waals surface area (Å²) in [5, 5.41) is -0.712. The maximum atomic E-state index is 12.3. The van der Waals surface area contributed by atoms with Crippen LogP contribution in [0.25, 0.3) is 0 Å². The standard InChI is InChI=1S/C9H4Cl3F3O/c10-3-7(16)8-5(11)1-4(2-6(8)12)9(13,14)15/h1-2H,3H2. The Morgan fingerprint density at radius 1 is 1.19 bits per heavy atom. The fourth-order valence-electron chi connectivity index (χ4n) is 1.07. The van der Waals surface area contributed by atoms with Gasteiger partial charge in [-0.15, -0.1) is 11.6 Å². The molecule has 0 saturated heterocycles. The second kappa shape index (κ2) is 4.82. The van der Waals surface area contributed by atoms with E-state index in [1.165, 1.54) is 0 Å². The number of hydrogen-bond donors (Lipinski definition) is 0. The van der Waals surface area contributed by atoms with Gasteiger partial charge in [0.05, 0.1) is 27.1 Å². The Hall–Kier alpha value is -0.450. The summed E-state index contributed by atoms with van der Waals surface area (Å²) in [7, 11) is 0. The van der Waals surface area contributed by atoms with Crippen molar-refractivity contribution < 1.29 is 18.0 Å². The monoisotopic (exact) mass is 290 g/mol. The lowest BCUT2D eigenvalue weighted by Crippen LogP contribution is -2.08. The van der Waals surface area contributed by atoms with E-state index in [0.717, 1.165) is 0 Å². The third-order valence-electron chi connectivity index (χ3n) is 1.77. The van der Waals surface area contributed by atoms with Gasteiger partial charge in [0.2, 0.25) is 0 Å². The third kappa shape index (κ3) is 2.81. The van der Waals surface area contributed by atoms with E-state index in [1.54, 1.807) is 0 Å². The van der Waals surface area contributed by atoms with Crippen molar-refractivity contribution in [2.75, 3.05) is 5.88 Å². The minimum atomic E-state index is -4.56. The first-order chi connectivity index (χ1) is 7.27. The summed E-state index contributed by atoms with van der Waals surface area (Å²) in [4.78, 5) is 11.2. The normalized spacial score (nSPS) is 11.6. The van der Waals surface area contributed by atoms with E-state index in [1.807, 2.05) is 0 Å². The van der Waals surface area contributed by atoms with Crippen LogP contribution in [0.15, 0.2) is 12.1 Å². The number of Topliss-reactive ketones (excluding diaryl/α,β-unsaturated/α-hetero) is 1. The van der Waals surface area contributed by atoms with Crippen molar-refractivity contribution in [2.24, 2.45) is 0 Å². The summed E-state index contributed by atoms with van der Waals surface area (Å²) in [6.07, 6.45) is -4.56. The number of halogens is 6. The van der Waals surface area contributed by atoms with Crippen molar-refractivity contribution in [2.45, 2.75) is 6.18 Å². The van der Waals surface area contributed by atoms with Gasteiger partial charge in [0.15, 0.2) is 5.78 Å². The van der Waals surface area contributed by atoms with Gasteiger partial charge in [0.1, 0.15) is 0 Å². The molecule has 0 radical (unpaired) electrons. The first kappa shape index (κ1) is 13.6. The van der Waals surface area contributed by atoms with Gasteiger partial charge < -0.3 is 0 Å². The van der Waals surface area contributed by atoms with Crippen LogP contribution in [0.1, 0.15) is 15.9 Å². The SMILES string of the molecule is O=C(CCl)c1c(Cl)cc(C(F)(F)F)cc1Cl. The molecule has 0 atom stereocenters.